The molecule has 1 amide bonds. The summed E-state index contributed by atoms with van der Waals surface area (Å²) >= 11 is 0. The summed E-state index contributed by atoms with van der Waals surface area (Å²) in [6.07, 6.45) is 2.14. The highest BCUT2D eigenvalue weighted by atomic mass is 16.3. The fraction of sp³-hybridized carbons (Fsp3) is 0.231. The summed E-state index contributed by atoms with van der Waals surface area (Å²) in [6, 6.07) is 8.08. The van der Waals surface area contributed by atoms with Crippen LogP contribution in [0, 0.1) is 11.3 Å². The van der Waals surface area contributed by atoms with Crippen LogP contribution in [-0.4, -0.2) is 24.1 Å². The van der Waals surface area contributed by atoms with Crippen LogP contribution in [0.4, 0.5) is 0 Å². The number of aromatic hydroxyl groups is 1. The van der Waals surface area contributed by atoms with Crippen molar-refractivity contribution in [3.05, 3.63) is 35.4 Å². The van der Waals surface area contributed by atoms with Crippen molar-refractivity contribution in [2.75, 3.05) is 13.1 Å². The number of nitrogens with two attached hydrogens (primary N) is 1. The summed E-state index contributed by atoms with van der Waals surface area (Å²) in [6.45, 7) is 0.938. The molecule has 0 aliphatic heterocycles. The van der Waals surface area contributed by atoms with Crippen molar-refractivity contribution in [1.29, 1.82) is 5.26 Å². The van der Waals surface area contributed by atoms with E-state index in [1.807, 2.05) is 6.07 Å². The Bertz CT molecular complexity index is 472. The van der Waals surface area contributed by atoms with Gasteiger partial charge in [-0.1, -0.05) is 12.1 Å². The first-order valence-corrected chi connectivity index (χ1v) is 5.56. The van der Waals surface area contributed by atoms with Gasteiger partial charge in [-0.2, -0.15) is 5.26 Å². The van der Waals surface area contributed by atoms with Gasteiger partial charge in [0.1, 0.15) is 17.4 Å². The Kier molecular flexibility index (Phi) is 5.42. The molecule has 0 aromatic heterocycles. The minimum atomic E-state index is -0.418. The molecule has 0 fully saturated rings. The van der Waals surface area contributed by atoms with Crippen LogP contribution in [0.15, 0.2) is 29.8 Å². The van der Waals surface area contributed by atoms with Crippen molar-refractivity contribution in [2.24, 2.45) is 5.73 Å². The fourth-order valence-corrected chi connectivity index (χ4v) is 1.29. The minimum Gasteiger partial charge on any atom is -0.508 e. The Balaban J connectivity index is 2.74. The van der Waals surface area contributed by atoms with E-state index < -0.39 is 5.91 Å². The van der Waals surface area contributed by atoms with Crippen LogP contribution in [0.3, 0.4) is 0 Å². The first kappa shape index (κ1) is 13.7. The van der Waals surface area contributed by atoms with Crippen LogP contribution in [0.5, 0.6) is 5.75 Å². The van der Waals surface area contributed by atoms with Crippen molar-refractivity contribution in [3.63, 3.8) is 0 Å². The molecular weight excluding hydrogens is 230 g/mol. The summed E-state index contributed by atoms with van der Waals surface area (Å²) in [5.74, 6) is -0.280. The molecule has 0 radical (unpaired) electrons. The number of nitrogens with zero attached hydrogens (tertiary/aromatic N) is 1. The van der Waals surface area contributed by atoms with E-state index in [-0.39, 0.29) is 11.3 Å². The van der Waals surface area contributed by atoms with Gasteiger partial charge in [-0.3, -0.25) is 4.79 Å². The van der Waals surface area contributed by atoms with E-state index >= 15 is 0 Å². The summed E-state index contributed by atoms with van der Waals surface area (Å²) < 4.78 is 0. The van der Waals surface area contributed by atoms with Gasteiger partial charge in [0.15, 0.2) is 0 Å². The predicted octanol–water partition coefficient (Wildman–Crippen LogP) is 0.764. The molecule has 0 spiro atoms. The zero-order valence-electron chi connectivity index (χ0n) is 9.89. The highest BCUT2D eigenvalue weighted by molar-refractivity contribution is 6.01. The second-order valence-corrected chi connectivity index (χ2v) is 3.66. The van der Waals surface area contributed by atoms with E-state index in [1.54, 1.807) is 12.1 Å². The average Bonchev–Trinajstić information content (AvgIpc) is 2.38. The molecule has 94 valence electrons. The number of carbonyl (C=O) groups excluding carboxylic acids is 1. The summed E-state index contributed by atoms with van der Waals surface area (Å²) in [5, 5.41) is 20.6. The maximum atomic E-state index is 11.6. The minimum absolute atomic E-state index is 0.0257. The third kappa shape index (κ3) is 4.28. The van der Waals surface area contributed by atoms with Gasteiger partial charge in [0.2, 0.25) is 0 Å². The van der Waals surface area contributed by atoms with Crippen LogP contribution in [0.2, 0.25) is 0 Å². The number of phenolic OH excluding ortho intramolecular Hbond substituents is 1. The van der Waals surface area contributed by atoms with Gasteiger partial charge in [-0.05, 0) is 36.7 Å². The lowest BCUT2D eigenvalue weighted by molar-refractivity contribution is -0.117. The fourth-order valence-electron chi connectivity index (χ4n) is 1.29. The molecule has 0 saturated carbocycles. The number of amides is 1. The monoisotopic (exact) mass is 245 g/mol. The number of carbonyl (C=O) groups is 1. The Morgan fingerprint density at radius 2 is 2.11 bits per heavy atom. The van der Waals surface area contributed by atoms with Gasteiger partial charge < -0.3 is 16.2 Å². The van der Waals surface area contributed by atoms with Crippen molar-refractivity contribution >= 4 is 12.0 Å². The molecule has 0 aliphatic rings. The molecule has 5 nitrogen and oxygen atoms in total. The van der Waals surface area contributed by atoms with Gasteiger partial charge in [-0.15, -0.1) is 0 Å². The van der Waals surface area contributed by atoms with Crippen molar-refractivity contribution in [2.45, 2.75) is 6.42 Å². The molecule has 5 heteroatoms. The highest BCUT2D eigenvalue weighted by Gasteiger charge is 2.07. The largest absolute Gasteiger partial charge is 0.508 e. The first-order chi connectivity index (χ1) is 8.67. The molecule has 1 rings (SSSR count). The molecule has 0 unspecified atom stereocenters. The number of hydrogen-bond donors (Lipinski definition) is 3. The van der Waals surface area contributed by atoms with E-state index in [4.69, 9.17) is 16.1 Å². The lowest BCUT2D eigenvalue weighted by Gasteiger charge is -2.02. The molecule has 4 N–H and O–H groups in total. The van der Waals surface area contributed by atoms with Crippen molar-refractivity contribution in [3.8, 4) is 11.8 Å². The number of rotatable bonds is 5. The molecule has 0 saturated heterocycles. The first-order valence-electron chi connectivity index (χ1n) is 5.56. The maximum Gasteiger partial charge on any atom is 0.261 e. The number of nitriles is 1. The molecule has 0 aliphatic carbocycles. The van der Waals surface area contributed by atoms with Gasteiger partial charge in [0.25, 0.3) is 5.91 Å². The molecule has 0 bridgehead atoms. The van der Waals surface area contributed by atoms with E-state index in [0.717, 1.165) is 0 Å². The van der Waals surface area contributed by atoms with Gasteiger partial charge >= 0.3 is 0 Å². The van der Waals surface area contributed by atoms with Gasteiger partial charge in [0.05, 0.1) is 0 Å². The summed E-state index contributed by atoms with van der Waals surface area (Å²) in [5.41, 5.74) is 6.01. The predicted molar refractivity (Wildman–Crippen MR) is 68.4 cm³/mol. The number of nitrogens with one attached hydrogen (secondary N) is 1. The normalized spacial score (nSPS) is 10.8. The molecule has 0 atom stereocenters. The second-order valence-electron chi connectivity index (χ2n) is 3.66. The molecular formula is C13H15N3O2. The molecule has 18 heavy (non-hydrogen) atoms. The van der Waals surface area contributed by atoms with E-state index in [1.165, 1.54) is 18.2 Å². The summed E-state index contributed by atoms with van der Waals surface area (Å²) in [7, 11) is 0. The zero-order valence-corrected chi connectivity index (χ0v) is 9.89. The maximum absolute atomic E-state index is 11.6. The van der Waals surface area contributed by atoms with Crippen molar-refractivity contribution < 1.29 is 9.90 Å². The highest BCUT2D eigenvalue weighted by Crippen LogP contribution is 2.12. The number of hydrogen-bond acceptors (Lipinski definition) is 4. The number of benzene rings is 1. The molecule has 0 heterocycles. The smallest absolute Gasteiger partial charge is 0.261 e. The zero-order chi connectivity index (χ0) is 13.4. The van der Waals surface area contributed by atoms with Gasteiger partial charge in [0, 0.05) is 6.54 Å². The molecule has 1 aromatic carbocycles. The summed E-state index contributed by atoms with van der Waals surface area (Å²) in [4.78, 5) is 11.6. The third-order valence-corrected chi connectivity index (χ3v) is 2.24. The Hall–Kier alpha value is -2.32. The van der Waals surface area contributed by atoms with Crippen LogP contribution in [0.1, 0.15) is 12.0 Å². The topological polar surface area (TPSA) is 99.1 Å². The number of phenols is 1. The average molecular weight is 245 g/mol. The Morgan fingerprint density at radius 3 is 2.67 bits per heavy atom. The second kappa shape index (κ2) is 7.09. The standard InChI is InChI=1S/C13H15N3O2/c14-6-1-7-16-13(18)11(9-15)8-10-2-4-12(17)5-3-10/h2-5,8,17H,1,6-7,14H2,(H,16,18)/b11-8+. The Morgan fingerprint density at radius 1 is 1.44 bits per heavy atom. The van der Waals surface area contributed by atoms with E-state index in [0.29, 0.717) is 25.1 Å². The van der Waals surface area contributed by atoms with E-state index in [2.05, 4.69) is 5.32 Å². The lowest BCUT2D eigenvalue weighted by atomic mass is 10.1. The quantitative estimate of drug-likeness (QED) is 0.405. The van der Waals surface area contributed by atoms with Crippen LogP contribution >= 0.6 is 0 Å². The third-order valence-electron chi connectivity index (χ3n) is 2.24. The molecule has 1 aromatic rings. The SMILES string of the molecule is N#C/C(=C\c1ccc(O)cc1)C(=O)NCCCN. The van der Waals surface area contributed by atoms with E-state index in [9.17, 15) is 4.79 Å². The van der Waals surface area contributed by atoms with Crippen LogP contribution in [-0.2, 0) is 4.79 Å². The van der Waals surface area contributed by atoms with Gasteiger partial charge in [-0.25, -0.2) is 0 Å². The lowest BCUT2D eigenvalue weighted by Crippen LogP contribution is -2.26. The van der Waals surface area contributed by atoms with Crippen molar-refractivity contribution in [1.82, 2.24) is 5.32 Å². The Labute approximate surface area is 106 Å². The van der Waals surface area contributed by atoms with Crippen LogP contribution in [0.25, 0.3) is 6.08 Å². The van der Waals surface area contributed by atoms with Crippen LogP contribution < -0.4 is 11.1 Å².